The van der Waals surface area contributed by atoms with Gasteiger partial charge in [-0.3, -0.25) is 9.59 Å². The van der Waals surface area contributed by atoms with Gasteiger partial charge in [-0.1, -0.05) is 168 Å². The van der Waals surface area contributed by atoms with Crippen LogP contribution in [0.25, 0.3) is 0 Å². The lowest BCUT2D eigenvalue weighted by molar-refractivity contribution is -0.870. The number of esters is 2. The van der Waals surface area contributed by atoms with E-state index in [0.717, 1.165) is 135 Å². The maximum Gasteiger partial charge on any atom is 0.361 e. The largest absolute Gasteiger partial charge is 0.477 e. The Hall–Kier alpha value is -4.05. The van der Waals surface area contributed by atoms with Gasteiger partial charge in [0.2, 0.25) is 0 Å². The molecule has 65 heavy (non-hydrogen) atoms. The topological polar surface area (TPSA) is 108 Å². The Balaban J connectivity index is 4.46. The summed E-state index contributed by atoms with van der Waals surface area (Å²) in [7, 11) is 5.94. The van der Waals surface area contributed by atoms with E-state index in [1.54, 1.807) is 0 Å². The fourth-order valence-electron chi connectivity index (χ4n) is 6.20. The molecule has 0 spiro atoms. The Morgan fingerprint density at radius 1 is 0.462 bits per heavy atom. The van der Waals surface area contributed by atoms with Gasteiger partial charge in [-0.05, 0) is 96.3 Å². The van der Waals surface area contributed by atoms with Crippen LogP contribution in [0.1, 0.15) is 168 Å². The van der Waals surface area contributed by atoms with Crippen LogP contribution in [-0.2, 0) is 33.3 Å². The summed E-state index contributed by atoms with van der Waals surface area (Å²) in [5, 5.41) is 9.67. The molecule has 0 saturated heterocycles. The first-order valence-corrected chi connectivity index (χ1v) is 25.1. The molecule has 0 aliphatic rings. The molecule has 2 unspecified atom stereocenters. The number of carbonyl (C=O) groups excluding carboxylic acids is 2. The van der Waals surface area contributed by atoms with Crippen molar-refractivity contribution < 1.29 is 42.9 Å². The van der Waals surface area contributed by atoms with Crippen LogP contribution in [0.2, 0.25) is 0 Å². The van der Waals surface area contributed by atoms with Crippen molar-refractivity contribution in [1.82, 2.24) is 0 Å². The Labute approximate surface area is 396 Å². The highest BCUT2D eigenvalue weighted by molar-refractivity contribution is 5.71. The first kappa shape index (κ1) is 60.9. The van der Waals surface area contributed by atoms with Crippen molar-refractivity contribution in [2.75, 3.05) is 47.5 Å². The first-order valence-electron chi connectivity index (χ1n) is 25.1. The normalized spacial score (nSPS) is 13.8. The molecular weight excluding hydrogens is 815 g/mol. The maximum absolute atomic E-state index is 12.8. The van der Waals surface area contributed by atoms with Crippen molar-refractivity contribution in [1.29, 1.82) is 0 Å². The number of ether oxygens (including phenoxy) is 4. The van der Waals surface area contributed by atoms with E-state index in [-0.39, 0.29) is 38.6 Å². The van der Waals surface area contributed by atoms with Crippen LogP contribution in [-0.4, -0.2) is 87.4 Å². The third-order valence-electron chi connectivity index (χ3n) is 10.0. The maximum atomic E-state index is 12.8. The van der Waals surface area contributed by atoms with E-state index in [1.165, 1.54) is 0 Å². The van der Waals surface area contributed by atoms with Crippen molar-refractivity contribution in [2.45, 2.75) is 180 Å². The third-order valence-corrected chi connectivity index (χ3v) is 10.0. The number of carboxylic acids is 1. The van der Waals surface area contributed by atoms with E-state index >= 15 is 0 Å². The summed E-state index contributed by atoms with van der Waals surface area (Å²) in [4.78, 5) is 37.3. The Kier molecular flexibility index (Phi) is 43.6. The summed E-state index contributed by atoms with van der Waals surface area (Å²) >= 11 is 0. The number of carbonyl (C=O) groups is 3. The van der Waals surface area contributed by atoms with Crippen molar-refractivity contribution in [2.24, 2.45) is 0 Å². The Morgan fingerprint density at radius 3 is 1.23 bits per heavy atom. The molecule has 0 fully saturated rings. The predicted octanol–water partition coefficient (Wildman–Crippen LogP) is 14.0. The molecule has 0 aliphatic heterocycles. The van der Waals surface area contributed by atoms with Gasteiger partial charge in [0, 0.05) is 12.8 Å². The fourth-order valence-corrected chi connectivity index (χ4v) is 6.20. The smallest absolute Gasteiger partial charge is 0.361 e. The number of likely N-dealkylation sites (N-methyl/N-ethyl adjacent to an activating group) is 1. The zero-order valence-corrected chi connectivity index (χ0v) is 41.6. The number of unbranched alkanes of at least 4 members (excludes halogenated alkanes) is 11. The summed E-state index contributed by atoms with van der Waals surface area (Å²) < 4.78 is 22.8. The number of quaternary nitrogens is 1. The number of allylic oxidation sites excluding steroid dienone is 18. The number of rotatable bonds is 44. The Morgan fingerprint density at radius 2 is 0.831 bits per heavy atom. The second-order valence-electron chi connectivity index (χ2n) is 17.4. The van der Waals surface area contributed by atoms with Gasteiger partial charge in [0.25, 0.3) is 6.29 Å². The van der Waals surface area contributed by atoms with Crippen LogP contribution >= 0.6 is 0 Å². The van der Waals surface area contributed by atoms with Crippen molar-refractivity contribution in [3.05, 3.63) is 109 Å². The average molecular weight is 907 g/mol. The summed E-state index contributed by atoms with van der Waals surface area (Å²) in [6.07, 6.45) is 60.0. The fraction of sp³-hybridized carbons (Fsp3) is 0.625. The van der Waals surface area contributed by atoms with E-state index in [1.807, 2.05) is 21.1 Å². The summed E-state index contributed by atoms with van der Waals surface area (Å²) in [5.41, 5.74) is 0. The van der Waals surface area contributed by atoms with E-state index in [4.69, 9.17) is 18.9 Å². The molecule has 2 atom stereocenters. The van der Waals surface area contributed by atoms with Gasteiger partial charge >= 0.3 is 17.9 Å². The van der Waals surface area contributed by atoms with Gasteiger partial charge in [0.1, 0.15) is 13.2 Å². The molecule has 0 radical (unpaired) electrons. The predicted molar refractivity (Wildman–Crippen MR) is 271 cm³/mol. The molecule has 0 aromatic rings. The van der Waals surface area contributed by atoms with E-state index < -0.39 is 24.3 Å². The van der Waals surface area contributed by atoms with Crippen molar-refractivity contribution in [3.63, 3.8) is 0 Å². The van der Waals surface area contributed by atoms with E-state index in [2.05, 4.69) is 123 Å². The van der Waals surface area contributed by atoms with E-state index in [0.29, 0.717) is 17.4 Å². The molecule has 0 bridgehead atoms. The quantitative estimate of drug-likeness (QED) is 0.0212. The van der Waals surface area contributed by atoms with Crippen molar-refractivity contribution >= 4 is 17.9 Å². The molecule has 1 N–H and O–H groups in total. The van der Waals surface area contributed by atoms with Crippen LogP contribution < -0.4 is 0 Å². The molecule has 0 aromatic heterocycles. The molecule has 9 nitrogen and oxygen atoms in total. The molecule has 0 saturated carbocycles. The Bertz CT molecular complexity index is 1430. The zero-order chi connectivity index (χ0) is 47.7. The SMILES string of the molecule is CC/C=C\C/C=C\C/C=C\C/C=C\C/C=C\CCCCCCCC(=O)OC(COC(=O)CCCCCCCC/C=C\C/C=C\C/C=C\C/C=C\CC)COC(OCC[N+](C)(C)C)C(=O)O. The summed E-state index contributed by atoms with van der Waals surface area (Å²) in [6.45, 7) is 4.58. The van der Waals surface area contributed by atoms with Crippen LogP contribution in [0.15, 0.2) is 109 Å². The van der Waals surface area contributed by atoms with Crippen molar-refractivity contribution in [3.8, 4) is 0 Å². The standard InChI is InChI=1S/C56H91NO8/c1-6-8-10-12-14-16-18-20-22-24-26-27-29-31-33-35-37-39-41-43-45-47-54(59)65-52(51-64-56(55(60)61)62-49-48-57(3,4)5)50-63-53(58)46-44-42-40-38-36-34-32-30-28-25-23-21-19-17-15-13-11-9-7-2/h8-11,14-17,20-23,26-28,30-31,33,52,56H,6-7,12-13,18-19,24-25,29,32,34-51H2,1-5H3/p+1/b10-8-,11-9-,16-14-,17-15-,22-20-,23-21-,27-26-,30-28-,33-31-. The minimum absolute atomic E-state index is 0.174. The van der Waals surface area contributed by atoms with Gasteiger partial charge in [-0.25, -0.2) is 4.79 Å². The molecule has 0 rings (SSSR count). The minimum Gasteiger partial charge on any atom is -0.477 e. The number of hydrogen-bond donors (Lipinski definition) is 1. The second-order valence-corrected chi connectivity index (χ2v) is 17.4. The number of hydrogen-bond acceptors (Lipinski definition) is 7. The minimum atomic E-state index is -1.53. The lowest BCUT2D eigenvalue weighted by Gasteiger charge is -2.25. The van der Waals surface area contributed by atoms with Gasteiger partial charge in [-0.15, -0.1) is 0 Å². The number of aliphatic carboxylic acids is 1. The van der Waals surface area contributed by atoms with Crippen LogP contribution in [0.4, 0.5) is 0 Å². The molecule has 9 heteroatoms. The monoisotopic (exact) mass is 907 g/mol. The second kappa shape index (κ2) is 46.5. The highest BCUT2D eigenvalue weighted by atomic mass is 16.7. The molecule has 368 valence electrons. The van der Waals surface area contributed by atoms with Crippen LogP contribution in [0.3, 0.4) is 0 Å². The lowest BCUT2D eigenvalue weighted by atomic mass is 10.1. The van der Waals surface area contributed by atoms with Gasteiger partial charge in [0.15, 0.2) is 6.10 Å². The van der Waals surface area contributed by atoms with Gasteiger partial charge < -0.3 is 28.5 Å². The average Bonchev–Trinajstić information content (AvgIpc) is 3.27. The van der Waals surface area contributed by atoms with Gasteiger partial charge in [0.05, 0.1) is 34.4 Å². The summed E-state index contributed by atoms with van der Waals surface area (Å²) in [6, 6.07) is 0. The van der Waals surface area contributed by atoms with Gasteiger partial charge in [-0.2, -0.15) is 0 Å². The van der Waals surface area contributed by atoms with E-state index in [9.17, 15) is 19.5 Å². The zero-order valence-electron chi connectivity index (χ0n) is 41.6. The molecule has 0 amide bonds. The summed E-state index contributed by atoms with van der Waals surface area (Å²) in [5.74, 6) is -2.07. The lowest BCUT2D eigenvalue weighted by Crippen LogP contribution is -2.40. The highest BCUT2D eigenvalue weighted by Crippen LogP contribution is 2.13. The van der Waals surface area contributed by atoms with Crippen LogP contribution in [0.5, 0.6) is 0 Å². The van der Waals surface area contributed by atoms with Crippen LogP contribution in [0, 0.1) is 0 Å². The molecule has 0 heterocycles. The highest BCUT2D eigenvalue weighted by Gasteiger charge is 2.25. The molecule has 0 aromatic carbocycles. The number of nitrogens with zero attached hydrogens (tertiary/aromatic N) is 1. The third kappa shape index (κ3) is 47.7. The molecular formula is C56H92NO8+. The number of carboxylic acid groups (broad SMARTS) is 1. The molecule has 0 aliphatic carbocycles. The first-order chi connectivity index (χ1) is 31.6.